The highest BCUT2D eigenvalue weighted by atomic mass is 35.5. The first-order valence-electron chi connectivity index (χ1n) is 7.55. The summed E-state index contributed by atoms with van der Waals surface area (Å²) >= 11 is 6.23. The highest BCUT2D eigenvalue weighted by molar-refractivity contribution is 7.65. The van der Waals surface area contributed by atoms with Gasteiger partial charge in [0.1, 0.15) is 22.9 Å². The van der Waals surface area contributed by atoms with Crippen LogP contribution in [0.2, 0.25) is 0 Å². The molecule has 0 amide bonds. The largest absolute Gasteiger partial charge is 0.756 e. The van der Waals surface area contributed by atoms with Gasteiger partial charge in [0.05, 0.1) is 6.61 Å². The zero-order chi connectivity index (χ0) is 23.1. The van der Waals surface area contributed by atoms with E-state index < -0.39 is 59.1 Å². The van der Waals surface area contributed by atoms with Gasteiger partial charge in [0, 0.05) is 6.20 Å². The van der Waals surface area contributed by atoms with E-state index in [1.165, 1.54) is 19.2 Å². The fraction of sp³-hybridized carbons (Fsp3) is 0.600. The van der Waals surface area contributed by atoms with E-state index in [-0.39, 0.29) is 5.82 Å². The molecule has 1 aromatic rings. The summed E-state index contributed by atoms with van der Waals surface area (Å²) in [6.45, 7) is 0.271. The van der Waals surface area contributed by atoms with Gasteiger partial charge in [-0.2, -0.15) is 4.98 Å². The van der Waals surface area contributed by atoms with Crippen LogP contribution in [0, 0.1) is 0 Å². The van der Waals surface area contributed by atoms with Crippen LogP contribution in [0.4, 0.5) is 5.82 Å². The molecule has 7 atom stereocenters. The molecule has 1 aliphatic rings. The Morgan fingerprint density at radius 2 is 1.97 bits per heavy atom. The Labute approximate surface area is 172 Å². The van der Waals surface area contributed by atoms with Gasteiger partial charge in [0.25, 0.3) is 15.6 Å². The first-order valence-corrected chi connectivity index (χ1v) is 12.4. The van der Waals surface area contributed by atoms with Crippen LogP contribution in [0.1, 0.15) is 13.2 Å². The maximum atomic E-state index is 12.0. The Morgan fingerprint density at radius 3 is 2.50 bits per heavy atom. The number of nitrogen functional groups attached to an aromatic ring is 1. The smallest absolute Gasteiger partial charge is 0.478 e. The van der Waals surface area contributed by atoms with E-state index in [0.717, 1.165) is 4.57 Å². The van der Waals surface area contributed by atoms with E-state index in [0.29, 0.717) is 0 Å². The molecule has 0 bridgehead atoms. The molecule has 0 saturated carbocycles. The lowest BCUT2D eigenvalue weighted by Gasteiger charge is -2.28. The molecule has 16 nitrogen and oxygen atoms in total. The van der Waals surface area contributed by atoms with Crippen molar-refractivity contribution in [3.8, 4) is 0 Å². The first-order chi connectivity index (χ1) is 13.4. The predicted octanol–water partition coefficient (Wildman–Crippen LogP) is -1.84. The van der Waals surface area contributed by atoms with Gasteiger partial charge in [0.15, 0.2) is 6.23 Å². The van der Waals surface area contributed by atoms with Crippen LogP contribution in [-0.4, -0.2) is 48.1 Å². The number of ether oxygens (including phenoxy) is 1. The van der Waals surface area contributed by atoms with E-state index in [2.05, 4.69) is 18.1 Å². The Kier molecular flexibility index (Phi) is 7.39. The number of hydrogen-bond donors (Lipinski definition) is 4. The fourth-order valence-corrected chi connectivity index (χ4v) is 5.64. The van der Waals surface area contributed by atoms with E-state index in [4.69, 9.17) is 27.0 Å². The minimum atomic E-state index is -6.02. The van der Waals surface area contributed by atoms with Gasteiger partial charge in [-0.1, -0.05) is 0 Å². The molecule has 1 aliphatic heterocycles. The second-order valence-corrected chi connectivity index (χ2v) is 11.2. The summed E-state index contributed by atoms with van der Waals surface area (Å²) < 4.78 is 50.7. The van der Waals surface area contributed by atoms with Crippen LogP contribution in [0.5, 0.6) is 0 Å². The monoisotopic (exact) mass is 513 g/mol. The molecule has 5 N–H and O–H groups in total. The highest BCUT2D eigenvalue weighted by Gasteiger charge is 2.54. The van der Waals surface area contributed by atoms with E-state index in [1.807, 2.05) is 0 Å². The Hall–Kier alpha value is -0.700. The van der Waals surface area contributed by atoms with Crippen molar-refractivity contribution in [2.45, 2.75) is 30.2 Å². The number of aromatic nitrogens is 2. The molecule has 1 saturated heterocycles. The third kappa shape index (κ3) is 6.40. The molecule has 0 aromatic carbocycles. The van der Waals surface area contributed by atoms with Gasteiger partial charge >= 0.3 is 13.5 Å². The maximum Gasteiger partial charge on any atom is 0.478 e. The fourth-order valence-electron chi connectivity index (χ4n) is 2.41. The minimum absolute atomic E-state index is 0.0981. The number of alkyl halides is 1. The number of rotatable bonds is 8. The lowest BCUT2D eigenvalue weighted by atomic mass is 10.0. The summed E-state index contributed by atoms with van der Waals surface area (Å²) in [6, 6.07) is 1.24. The highest BCUT2D eigenvalue weighted by Crippen LogP contribution is 2.63. The number of aliphatic hydroxyl groups is 1. The molecular formula is C10H15ClN3O13P3-2. The minimum Gasteiger partial charge on any atom is -0.756 e. The molecule has 20 heteroatoms. The van der Waals surface area contributed by atoms with Gasteiger partial charge in [-0.05, 0) is 13.0 Å². The van der Waals surface area contributed by atoms with Crippen molar-refractivity contribution in [3.05, 3.63) is 22.7 Å². The average molecular weight is 514 g/mol. The van der Waals surface area contributed by atoms with Gasteiger partial charge in [-0.25, -0.2) is 18.0 Å². The van der Waals surface area contributed by atoms with Crippen LogP contribution in [0.25, 0.3) is 0 Å². The Bertz CT molecular complexity index is 995. The molecule has 30 heavy (non-hydrogen) atoms. The van der Waals surface area contributed by atoms with Crippen molar-refractivity contribution in [3.63, 3.8) is 0 Å². The van der Waals surface area contributed by atoms with Crippen LogP contribution in [-0.2, 0) is 31.6 Å². The summed E-state index contributed by atoms with van der Waals surface area (Å²) in [7, 11) is -17.4. The van der Waals surface area contributed by atoms with Gasteiger partial charge in [-0.15, -0.1) is 11.6 Å². The number of nitrogens with zero attached hydrogens (tertiary/aromatic N) is 2. The number of hydrogen-bond acceptors (Lipinski definition) is 13. The van der Waals surface area contributed by atoms with Crippen molar-refractivity contribution < 1.29 is 56.3 Å². The van der Waals surface area contributed by atoms with Crippen molar-refractivity contribution >= 4 is 40.9 Å². The predicted molar refractivity (Wildman–Crippen MR) is 92.5 cm³/mol. The molecule has 1 fully saturated rings. The quantitative estimate of drug-likeness (QED) is 0.220. The molecule has 2 heterocycles. The number of phosphoric acid groups is 3. The normalized spacial score (nSPS) is 32.8. The second kappa shape index (κ2) is 8.68. The molecule has 0 radical (unpaired) electrons. The summed E-state index contributed by atoms with van der Waals surface area (Å²) in [5, 5.41) is 10.3. The van der Waals surface area contributed by atoms with Gasteiger partial charge in [-0.3, -0.25) is 18.2 Å². The van der Waals surface area contributed by atoms with Gasteiger partial charge in [0.2, 0.25) is 0 Å². The summed E-state index contributed by atoms with van der Waals surface area (Å²) in [6.07, 6.45) is -3.28. The van der Waals surface area contributed by atoms with Crippen LogP contribution in [0.15, 0.2) is 17.1 Å². The molecular weight excluding hydrogens is 498 g/mol. The maximum absolute atomic E-state index is 12.0. The molecule has 3 unspecified atom stereocenters. The number of phosphoric ester groups is 1. The molecule has 172 valence electrons. The number of nitrogens with two attached hydrogens (primary N) is 1. The number of aliphatic hydroxyl groups excluding tert-OH is 1. The summed E-state index contributed by atoms with van der Waals surface area (Å²) in [5.41, 5.74) is 4.50. The standard InChI is InChI=1S/C10H17ClN3O13P3/c1-10(11)7(15)5(25-8(10)14-3-2-6(12)13-9(14)16)4-24-29(20,21)27-30(22,23)26-28(17,18)19/h2-3,5,7-8,15H,4H2,1H3,(H,20,21)(H,22,23)(H2,12,13,16)(H2,17,18,19)/p-2/t5-,7-,8-,10-/m1/s1. The summed E-state index contributed by atoms with van der Waals surface area (Å²) in [4.78, 5) is 53.1. The van der Waals surface area contributed by atoms with E-state index in [1.54, 1.807) is 0 Å². The zero-order valence-corrected chi connectivity index (χ0v) is 18.1. The topological polar surface area (TPSA) is 256 Å². The third-order valence-corrected chi connectivity index (χ3v) is 7.77. The van der Waals surface area contributed by atoms with Crippen molar-refractivity contribution in [2.24, 2.45) is 0 Å². The van der Waals surface area contributed by atoms with Crippen molar-refractivity contribution in [1.82, 2.24) is 9.55 Å². The Morgan fingerprint density at radius 1 is 1.37 bits per heavy atom. The van der Waals surface area contributed by atoms with Crippen LogP contribution >= 0.6 is 35.1 Å². The molecule has 0 spiro atoms. The molecule has 1 aromatic heterocycles. The lowest BCUT2D eigenvalue weighted by molar-refractivity contribution is -0.236. The third-order valence-electron chi connectivity index (χ3n) is 3.63. The first kappa shape index (κ1) is 25.6. The SMILES string of the molecule is C[C@@]1(Cl)[C@H](O)[C@@H](COP(=O)(O)OP(=O)([O-])OP(=O)([O-])O)O[C@H]1n1ccc(N)nc1=O. The van der Waals surface area contributed by atoms with Gasteiger partial charge < -0.3 is 35.2 Å². The zero-order valence-electron chi connectivity index (χ0n) is 14.7. The Balaban J connectivity index is 2.12. The lowest BCUT2D eigenvalue weighted by Crippen LogP contribution is -2.42. The van der Waals surface area contributed by atoms with Crippen LogP contribution in [0.3, 0.4) is 0 Å². The average Bonchev–Trinajstić information content (AvgIpc) is 2.73. The van der Waals surface area contributed by atoms with Crippen LogP contribution < -0.4 is 21.2 Å². The molecule has 0 aliphatic carbocycles. The number of halogens is 1. The second-order valence-electron chi connectivity index (χ2n) is 6.01. The molecule has 2 rings (SSSR count). The van der Waals surface area contributed by atoms with E-state index >= 15 is 0 Å². The van der Waals surface area contributed by atoms with Crippen molar-refractivity contribution in [1.29, 1.82) is 0 Å². The van der Waals surface area contributed by atoms with Crippen molar-refractivity contribution in [2.75, 3.05) is 12.3 Å². The van der Waals surface area contributed by atoms with E-state index in [9.17, 15) is 38.3 Å². The number of anilines is 1. The summed E-state index contributed by atoms with van der Waals surface area (Å²) in [5.74, 6) is -0.0981.